The predicted octanol–water partition coefficient (Wildman–Crippen LogP) is 3.33. The fourth-order valence-corrected chi connectivity index (χ4v) is 2.30. The van der Waals surface area contributed by atoms with Crippen LogP contribution in [0.15, 0.2) is 42.5 Å². The van der Waals surface area contributed by atoms with E-state index in [1.807, 2.05) is 0 Å². The maximum absolute atomic E-state index is 13.6. The highest BCUT2D eigenvalue weighted by molar-refractivity contribution is 5.46. The van der Waals surface area contributed by atoms with Gasteiger partial charge in [0.25, 0.3) is 0 Å². The van der Waals surface area contributed by atoms with Gasteiger partial charge in [0.05, 0.1) is 9.30 Å². The lowest BCUT2D eigenvalue weighted by molar-refractivity contribution is 0.173. The van der Waals surface area contributed by atoms with E-state index in [0.717, 1.165) is 30.3 Å². The van der Waals surface area contributed by atoms with E-state index in [1.165, 1.54) is 12.1 Å². The van der Waals surface area contributed by atoms with Crippen molar-refractivity contribution in [2.45, 2.75) is 12.3 Å². The van der Waals surface area contributed by atoms with Gasteiger partial charge in [-0.3, -0.25) is 0 Å². The minimum atomic E-state index is -3.18. The van der Waals surface area contributed by atoms with Crippen molar-refractivity contribution in [1.82, 2.24) is 5.32 Å². The summed E-state index contributed by atoms with van der Waals surface area (Å²) < 4.78 is 112. The number of benzene rings is 2. The van der Waals surface area contributed by atoms with Crippen LogP contribution in [0.2, 0.25) is 0 Å². The number of piperidine rings is 1. The Hall–Kier alpha value is -2.27. The van der Waals surface area contributed by atoms with Crippen molar-refractivity contribution in [3.63, 3.8) is 0 Å². The zero-order valence-corrected chi connectivity index (χ0v) is 12.4. The molecule has 0 radical (unpaired) electrons. The first-order chi connectivity index (χ1) is 15.5. The summed E-state index contributed by atoms with van der Waals surface area (Å²) in [4.78, 5) is 0. The summed E-state index contributed by atoms with van der Waals surface area (Å²) >= 11 is 0. The lowest BCUT2D eigenvalue weighted by Gasteiger charge is -2.32. The number of halogens is 1. The number of nitrogens with one attached hydrogen (secondary N) is 1. The van der Waals surface area contributed by atoms with Gasteiger partial charge in [-0.2, -0.15) is 0 Å². The summed E-state index contributed by atoms with van der Waals surface area (Å²) in [5.41, 5.74) is -0.314. The largest absolute Gasteiger partial charge is 0.493 e. The summed E-state index contributed by atoms with van der Waals surface area (Å²) in [6, 6.07) is 7.47. The average Bonchev–Trinajstić information content (AvgIpc) is 3.03. The fraction of sp³-hybridized carbons (Fsp3) is 0.368. The Morgan fingerprint density at radius 1 is 1.25 bits per heavy atom. The second kappa shape index (κ2) is 6.69. The Bertz CT molecular complexity index is 1120. The quantitative estimate of drug-likeness (QED) is 0.927. The molecule has 2 aliphatic rings. The summed E-state index contributed by atoms with van der Waals surface area (Å²) in [7, 11) is 0. The van der Waals surface area contributed by atoms with Crippen molar-refractivity contribution < 1.29 is 32.3 Å². The molecule has 0 aromatic heterocycles. The molecule has 0 aliphatic carbocycles. The Kier molecular flexibility index (Phi) is 2.16. The molecule has 1 saturated heterocycles. The van der Waals surface area contributed by atoms with Crippen LogP contribution in [0.5, 0.6) is 17.2 Å². The summed E-state index contributed by atoms with van der Waals surface area (Å²) in [6.07, 6.45) is -3.18. The number of hydrogen-bond donors (Lipinski definition) is 1. The van der Waals surface area contributed by atoms with Crippen LogP contribution in [0, 0.1) is 11.7 Å². The second-order valence-electron chi connectivity index (χ2n) is 5.06. The molecule has 2 aromatic carbocycles. The van der Waals surface area contributed by atoms with Crippen molar-refractivity contribution in [2.75, 3.05) is 26.3 Å². The Labute approximate surface area is 154 Å². The molecule has 4 nitrogen and oxygen atoms in total. The van der Waals surface area contributed by atoms with Crippen molar-refractivity contribution >= 4 is 0 Å². The molecule has 2 aromatic rings. The number of ether oxygens (including phenoxy) is 3. The van der Waals surface area contributed by atoms with E-state index in [1.54, 1.807) is 0 Å². The van der Waals surface area contributed by atoms with Crippen molar-refractivity contribution in [1.29, 1.82) is 0 Å². The number of rotatable bonds is 4. The molecule has 2 heterocycles. The van der Waals surface area contributed by atoms with Gasteiger partial charge < -0.3 is 19.5 Å². The lowest BCUT2D eigenvalue weighted by Crippen LogP contribution is -2.38. The van der Waals surface area contributed by atoms with Crippen molar-refractivity contribution in [3.05, 3.63) is 53.8 Å². The molecule has 0 spiro atoms. The van der Waals surface area contributed by atoms with E-state index in [-0.39, 0.29) is 22.8 Å². The Balaban J connectivity index is 1.79. The van der Waals surface area contributed by atoms with Gasteiger partial charge in [-0.1, -0.05) is 12.1 Å². The van der Waals surface area contributed by atoms with Crippen LogP contribution in [-0.4, -0.2) is 26.3 Å². The molecule has 1 fully saturated rings. The molecular weight excluding hydrogens is 309 g/mol. The maximum atomic E-state index is 13.6. The number of fused-ring (bicyclic) bond motifs is 1. The summed E-state index contributed by atoms with van der Waals surface area (Å²) in [5, 5.41) is 2.18. The predicted molar refractivity (Wildman–Crippen MR) is 88.2 cm³/mol. The SMILES string of the molecule is [2H]C1([2H])Oc2ccc(OC([2H])([2H])[C@@]3([2H])CNC([2H])([2H])C([2H])([2H])C3([2H])c3ccc(F)cc3)cc2O1. The van der Waals surface area contributed by atoms with E-state index in [4.69, 9.17) is 27.9 Å². The van der Waals surface area contributed by atoms with Gasteiger partial charge in [0.15, 0.2) is 11.5 Å². The molecule has 126 valence electrons. The molecule has 0 bridgehead atoms. The molecule has 4 rings (SSSR count). The van der Waals surface area contributed by atoms with Gasteiger partial charge in [0.2, 0.25) is 6.75 Å². The molecular formula is C19H20FNO3. The van der Waals surface area contributed by atoms with Gasteiger partial charge in [0.1, 0.15) is 14.3 Å². The van der Waals surface area contributed by atoms with Gasteiger partial charge in [-0.05, 0) is 48.6 Å². The van der Waals surface area contributed by atoms with Crippen LogP contribution in [0.1, 0.15) is 31.5 Å². The third-order valence-corrected chi connectivity index (χ3v) is 3.49. The maximum Gasteiger partial charge on any atom is 0.231 e. The minimum Gasteiger partial charge on any atom is -0.493 e. The van der Waals surface area contributed by atoms with E-state index in [2.05, 4.69) is 5.32 Å². The Morgan fingerprint density at radius 2 is 2.08 bits per heavy atom. The van der Waals surface area contributed by atoms with Crippen LogP contribution in [0.4, 0.5) is 4.39 Å². The summed E-state index contributed by atoms with van der Waals surface area (Å²) in [5.74, 6) is -6.73. The molecule has 1 unspecified atom stereocenters. The van der Waals surface area contributed by atoms with E-state index < -0.39 is 50.3 Å². The van der Waals surface area contributed by atoms with E-state index in [9.17, 15) is 4.39 Å². The van der Waals surface area contributed by atoms with Crippen molar-refractivity contribution in [2.24, 2.45) is 5.89 Å². The first-order valence-electron chi connectivity index (χ1n) is 12.2. The summed E-state index contributed by atoms with van der Waals surface area (Å²) in [6.45, 7) is -9.23. The smallest absolute Gasteiger partial charge is 0.231 e. The molecule has 0 saturated carbocycles. The van der Waals surface area contributed by atoms with Gasteiger partial charge in [0, 0.05) is 26.7 Å². The number of hydrogen-bond acceptors (Lipinski definition) is 4. The Morgan fingerprint density at radius 3 is 2.96 bits per heavy atom. The zero-order chi connectivity index (χ0) is 25.4. The van der Waals surface area contributed by atoms with Crippen LogP contribution in [0.3, 0.4) is 0 Å². The van der Waals surface area contributed by atoms with E-state index >= 15 is 0 Å². The second-order valence-corrected chi connectivity index (χ2v) is 5.06. The van der Waals surface area contributed by atoms with Crippen LogP contribution < -0.4 is 19.5 Å². The monoisotopic (exact) mass is 339 g/mol. The molecule has 24 heavy (non-hydrogen) atoms. The molecule has 2 aliphatic heterocycles. The highest BCUT2D eigenvalue weighted by atomic mass is 19.1. The first kappa shape index (κ1) is 7.74. The highest BCUT2D eigenvalue weighted by Crippen LogP contribution is 2.36. The van der Waals surface area contributed by atoms with Gasteiger partial charge in [-0.15, -0.1) is 0 Å². The first-order valence-corrected chi connectivity index (χ1v) is 7.18. The molecule has 0 amide bonds. The van der Waals surface area contributed by atoms with Crippen LogP contribution in [-0.2, 0) is 0 Å². The standard InChI is InChI=1S/C19H20FNO3/c20-15-3-1-13(2-4-15)17-7-8-21-10-14(17)11-22-16-5-6-18-19(9-16)24-12-23-18/h1-6,9,14,17,21H,7-8,10-12H2/t14-,17?/m1/s1/i7D2,8D2,11D2,12D2,14D,17D. The van der Waals surface area contributed by atoms with Crippen molar-refractivity contribution in [3.8, 4) is 17.2 Å². The third kappa shape index (κ3) is 3.17. The molecule has 1 N–H and O–H groups in total. The van der Waals surface area contributed by atoms with Crippen LogP contribution in [0.25, 0.3) is 0 Å². The topological polar surface area (TPSA) is 39.7 Å². The van der Waals surface area contributed by atoms with E-state index in [0.29, 0.717) is 0 Å². The lowest BCUT2D eigenvalue weighted by atomic mass is 9.81. The zero-order valence-electron chi connectivity index (χ0n) is 22.4. The highest BCUT2D eigenvalue weighted by Gasteiger charge is 2.27. The average molecular weight is 339 g/mol. The molecule has 5 heteroatoms. The van der Waals surface area contributed by atoms with Gasteiger partial charge >= 0.3 is 0 Å². The van der Waals surface area contributed by atoms with Gasteiger partial charge in [-0.25, -0.2) is 4.39 Å². The normalized spacial score (nSPS) is 41.5. The minimum absolute atomic E-state index is 0.0310. The van der Waals surface area contributed by atoms with Crippen LogP contribution >= 0.6 is 0 Å². The fourth-order valence-electron chi connectivity index (χ4n) is 2.30. The third-order valence-electron chi connectivity index (χ3n) is 3.49. The molecule has 2 atom stereocenters.